The average molecular weight is 425 g/mol. The molecule has 2 aromatic rings. The van der Waals surface area contributed by atoms with Crippen LogP contribution in [0, 0.1) is 10.1 Å². The number of nitrogens with zero attached hydrogens (tertiary/aromatic N) is 1. The summed E-state index contributed by atoms with van der Waals surface area (Å²) in [5, 5.41) is 28.2. The lowest BCUT2D eigenvalue weighted by molar-refractivity contribution is -0.386. The van der Waals surface area contributed by atoms with E-state index >= 15 is 0 Å². The number of phenolic OH excluding ortho intramolecular Hbond substituents is 2. The second-order valence-electron chi connectivity index (χ2n) is 5.20. The number of carbonyl (C=O) groups excluding carboxylic acids is 2. The van der Waals surface area contributed by atoms with Gasteiger partial charge in [0, 0.05) is 17.2 Å². The second kappa shape index (κ2) is 8.58. The summed E-state index contributed by atoms with van der Waals surface area (Å²) in [5.41, 5.74) is -4.61. The summed E-state index contributed by atoms with van der Waals surface area (Å²) in [4.78, 5) is 29.6. The summed E-state index contributed by atoms with van der Waals surface area (Å²) in [5.74, 6) is -2.37. The first kappa shape index (κ1) is 23.4. The minimum Gasteiger partial charge on any atom is -0.507 e. The van der Waals surface area contributed by atoms with Crippen LogP contribution in [0.15, 0.2) is 30.3 Å². The minimum atomic E-state index is -4.96. The van der Waals surface area contributed by atoms with Gasteiger partial charge in [0.1, 0.15) is 23.9 Å². The number of hydrogen-bond acceptors (Lipinski definition) is 6. The molecule has 7 nitrogen and oxygen atoms in total. The van der Waals surface area contributed by atoms with Gasteiger partial charge in [-0.1, -0.05) is 0 Å². The predicted octanol–water partition coefficient (Wildman–Crippen LogP) is 4.36. The lowest BCUT2D eigenvalue weighted by Gasteiger charge is -2.09. The molecule has 0 aromatic heterocycles. The highest BCUT2D eigenvalue weighted by Crippen LogP contribution is 2.41. The van der Waals surface area contributed by atoms with E-state index in [0.29, 0.717) is 18.2 Å². The number of nitro benzene ring substituents is 1. The minimum absolute atomic E-state index is 0.0294. The van der Waals surface area contributed by atoms with Crippen molar-refractivity contribution in [3.05, 3.63) is 62.7 Å². The number of carbonyl (C=O) groups is 2. The predicted molar refractivity (Wildman–Crippen MR) is 83.6 cm³/mol. The van der Waals surface area contributed by atoms with Crippen LogP contribution in [0.5, 0.6) is 11.5 Å². The number of nitro groups is 1. The highest BCUT2D eigenvalue weighted by molar-refractivity contribution is 5.78. The molecule has 13 heteroatoms. The van der Waals surface area contributed by atoms with Crippen molar-refractivity contribution in [2.75, 3.05) is 0 Å². The Bertz CT molecular complexity index is 939. The topological polar surface area (TPSA) is 118 Å². The molecule has 2 aromatic carbocycles. The van der Waals surface area contributed by atoms with Crippen molar-refractivity contribution in [1.29, 1.82) is 0 Å². The zero-order chi connectivity index (χ0) is 22.6. The van der Waals surface area contributed by atoms with E-state index in [2.05, 4.69) is 0 Å². The van der Waals surface area contributed by atoms with E-state index in [-0.39, 0.29) is 18.1 Å². The van der Waals surface area contributed by atoms with Crippen LogP contribution in [0.4, 0.5) is 32.0 Å². The van der Waals surface area contributed by atoms with E-state index in [4.69, 9.17) is 10.2 Å². The van der Waals surface area contributed by atoms with Crippen LogP contribution >= 0.6 is 0 Å². The molecular formula is C16H9F6NO6. The summed E-state index contributed by atoms with van der Waals surface area (Å²) in [6.45, 7) is 0. The van der Waals surface area contributed by atoms with Crippen molar-refractivity contribution in [3.8, 4) is 11.5 Å². The summed E-state index contributed by atoms with van der Waals surface area (Å²) >= 11 is 0. The number of alkyl halides is 6. The number of rotatable bonds is 3. The Morgan fingerprint density at radius 3 is 1.72 bits per heavy atom. The maximum Gasteiger partial charge on any atom is 0.420 e. The largest absolute Gasteiger partial charge is 0.507 e. The Labute approximate surface area is 157 Å². The zero-order valence-corrected chi connectivity index (χ0v) is 13.8. The molecule has 0 aliphatic carbocycles. The number of phenols is 2. The summed E-state index contributed by atoms with van der Waals surface area (Å²) in [7, 11) is 0. The SMILES string of the molecule is O=Cc1cc([N+](=O)[O-])c(O)c(C(F)(F)F)c1.O=Cc1ccc(O)c(C(F)(F)F)c1. The van der Waals surface area contributed by atoms with Crippen molar-refractivity contribution in [3.63, 3.8) is 0 Å². The van der Waals surface area contributed by atoms with E-state index in [1.165, 1.54) is 0 Å². The van der Waals surface area contributed by atoms with Crippen molar-refractivity contribution >= 4 is 18.3 Å². The Morgan fingerprint density at radius 2 is 1.31 bits per heavy atom. The third kappa shape index (κ3) is 5.92. The average Bonchev–Trinajstić information content (AvgIpc) is 2.60. The van der Waals surface area contributed by atoms with E-state index in [1.807, 2.05) is 0 Å². The molecule has 0 heterocycles. The van der Waals surface area contributed by atoms with Gasteiger partial charge in [-0.25, -0.2) is 0 Å². The Hall–Kier alpha value is -3.64. The Morgan fingerprint density at radius 1 is 0.828 bits per heavy atom. The van der Waals surface area contributed by atoms with Crippen LogP contribution in [0.1, 0.15) is 31.8 Å². The number of halogens is 6. The van der Waals surface area contributed by atoms with Gasteiger partial charge in [0.2, 0.25) is 5.75 Å². The fourth-order valence-electron chi connectivity index (χ4n) is 1.92. The molecule has 0 radical (unpaired) electrons. The Balaban J connectivity index is 0.000000296. The molecule has 0 spiro atoms. The van der Waals surface area contributed by atoms with Gasteiger partial charge in [0.05, 0.1) is 10.5 Å². The highest BCUT2D eigenvalue weighted by Gasteiger charge is 2.38. The van der Waals surface area contributed by atoms with Gasteiger partial charge in [0.15, 0.2) is 0 Å². The van der Waals surface area contributed by atoms with E-state index in [9.17, 15) is 46.0 Å². The summed E-state index contributed by atoms with van der Waals surface area (Å²) in [6, 6.07) is 3.46. The molecule has 0 aliphatic rings. The number of benzene rings is 2. The Kier molecular flexibility index (Phi) is 6.92. The molecule has 29 heavy (non-hydrogen) atoms. The monoisotopic (exact) mass is 425 g/mol. The van der Waals surface area contributed by atoms with Crippen LogP contribution in [-0.2, 0) is 12.4 Å². The van der Waals surface area contributed by atoms with Crippen LogP contribution in [0.25, 0.3) is 0 Å². The molecular weight excluding hydrogens is 416 g/mol. The molecule has 0 bridgehead atoms. The van der Waals surface area contributed by atoms with Gasteiger partial charge < -0.3 is 10.2 Å². The lowest BCUT2D eigenvalue weighted by atomic mass is 10.1. The van der Waals surface area contributed by atoms with Gasteiger partial charge in [-0.2, -0.15) is 26.3 Å². The van der Waals surface area contributed by atoms with Gasteiger partial charge >= 0.3 is 18.0 Å². The third-order valence-electron chi connectivity index (χ3n) is 3.21. The molecule has 0 aliphatic heterocycles. The molecule has 0 amide bonds. The van der Waals surface area contributed by atoms with Gasteiger partial charge in [-0.05, 0) is 24.3 Å². The van der Waals surface area contributed by atoms with Gasteiger partial charge in [-0.15, -0.1) is 0 Å². The quantitative estimate of drug-likeness (QED) is 0.327. The van der Waals surface area contributed by atoms with E-state index < -0.39 is 51.2 Å². The number of aromatic hydroxyl groups is 2. The first-order valence-corrected chi connectivity index (χ1v) is 7.11. The maximum absolute atomic E-state index is 12.3. The molecule has 0 unspecified atom stereocenters. The standard InChI is InChI=1S/C8H4F3NO4.C8H5F3O2/c9-8(10,11)5-1-4(3-13)2-6(7(5)14)12(15)16;9-8(10,11)6-3-5(4-12)1-2-7(6)13/h1-3,14H;1-4,13H. The molecule has 0 fully saturated rings. The molecule has 156 valence electrons. The fourth-order valence-corrected chi connectivity index (χ4v) is 1.92. The first-order chi connectivity index (χ1) is 13.2. The van der Waals surface area contributed by atoms with Crippen LogP contribution in [0.2, 0.25) is 0 Å². The third-order valence-corrected chi connectivity index (χ3v) is 3.21. The maximum atomic E-state index is 12.3. The van der Waals surface area contributed by atoms with Gasteiger partial charge in [-0.3, -0.25) is 19.7 Å². The van der Waals surface area contributed by atoms with Crippen LogP contribution < -0.4 is 0 Å². The van der Waals surface area contributed by atoms with Crippen LogP contribution in [-0.4, -0.2) is 27.7 Å². The smallest absolute Gasteiger partial charge is 0.420 e. The molecule has 0 saturated carbocycles. The summed E-state index contributed by atoms with van der Waals surface area (Å²) < 4.78 is 73.2. The second-order valence-corrected chi connectivity index (χ2v) is 5.20. The van der Waals surface area contributed by atoms with Crippen molar-refractivity contribution in [1.82, 2.24) is 0 Å². The van der Waals surface area contributed by atoms with Gasteiger partial charge in [0.25, 0.3) is 0 Å². The normalized spacial score (nSPS) is 11.2. The number of aldehydes is 2. The molecule has 0 atom stereocenters. The van der Waals surface area contributed by atoms with E-state index in [0.717, 1.165) is 12.1 Å². The molecule has 2 rings (SSSR count). The van der Waals surface area contributed by atoms with Crippen molar-refractivity contribution in [2.45, 2.75) is 12.4 Å². The fraction of sp³-hybridized carbons (Fsp3) is 0.125. The first-order valence-electron chi connectivity index (χ1n) is 7.11. The van der Waals surface area contributed by atoms with E-state index in [1.54, 1.807) is 0 Å². The molecule has 0 saturated heterocycles. The zero-order valence-electron chi connectivity index (χ0n) is 13.8. The summed E-state index contributed by atoms with van der Waals surface area (Å²) in [6.07, 6.45) is -9.28. The number of hydrogen-bond donors (Lipinski definition) is 2. The van der Waals surface area contributed by atoms with Crippen molar-refractivity contribution in [2.24, 2.45) is 0 Å². The highest BCUT2D eigenvalue weighted by atomic mass is 19.4. The van der Waals surface area contributed by atoms with Crippen molar-refractivity contribution < 1.29 is 51.1 Å². The lowest BCUT2D eigenvalue weighted by Crippen LogP contribution is -2.07. The molecule has 2 N–H and O–H groups in total. The van der Waals surface area contributed by atoms with Crippen LogP contribution in [0.3, 0.4) is 0 Å².